The zero-order chi connectivity index (χ0) is 4.50. The Morgan fingerprint density at radius 3 is 0.800 bits per heavy atom. The summed E-state index contributed by atoms with van der Waals surface area (Å²) >= 11 is 13.1. The van der Waals surface area contributed by atoms with Crippen molar-refractivity contribution in [3.05, 3.63) is 0 Å². The summed E-state index contributed by atoms with van der Waals surface area (Å²) in [4.78, 5) is 0. The van der Waals surface area contributed by atoms with Crippen LogP contribution in [0.5, 0.6) is 0 Å². The topological polar surface area (TPSA) is 0 Å². The van der Waals surface area contributed by atoms with E-state index in [0.717, 1.165) is 0 Å². The number of halogens is 4. The minimum atomic E-state index is -1.38. The van der Waals surface area contributed by atoms with Crippen LogP contribution in [0.25, 0.3) is 0 Å². The van der Waals surface area contributed by atoms with Crippen LogP contribution in [0.1, 0.15) is 0 Å². The predicted octanol–water partition coefficient (Wildman–Crippen LogP) is 3.38. The zero-order valence-electron chi connectivity index (χ0n) is 1.89. The van der Waals surface area contributed by atoms with E-state index in [1.807, 2.05) is 0 Å². The summed E-state index contributed by atoms with van der Waals surface area (Å²) in [6.45, 7) is 0. The Labute approximate surface area is 61.1 Å². The second kappa shape index (κ2) is 2.68. The normalized spacial score (nSPS) is 15.2. The first-order valence-electron chi connectivity index (χ1n) is 0.571. The molecule has 0 unspecified atom stereocenters. The molecule has 5 heavy (non-hydrogen) atoms. The van der Waals surface area contributed by atoms with E-state index in [1.54, 1.807) is 0 Å². The van der Waals surface area contributed by atoms with Gasteiger partial charge in [0.1, 0.15) is 0 Å². The molecule has 0 N–H and O–H groups in total. The van der Waals surface area contributed by atoms with Crippen LogP contribution in [0.2, 0.25) is 0 Å². The molecule has 0 aromatic rings. The zero-order valence-corrected chi connectivity index (χ0v) is 9.41. The fourth-order valence-electron chi connectivity index (χ4n) is 0. The fourth-order valence-corrected chi connectivity index (χ4v) is 0. The Kier molecular flexibility index (Phi) is 3.98. The van der Waals surface area contributed by atoms with Gasteiger partial charge in [-0.05, 0) is 0 Å². The minimum absolute atomic E-state index is 1.38. The summed E-state index contributed by atoms with van der Waals surface area (Å²) < 4.78 is 0. The molecule has 0 rings (SSSR count). The first kappa shape index (κ1) is 7.44. The van der Waals surface area contributed by atoms with Crippen molar-refractivity contribution >= 4 is 56.4 Å². The molecule has 0 nitrogen and oxygen atoms in total. The molecule has 5 heteroatoms. The van der Waals surface area contributed by atoms with E-state index in [9.17, 15) is 0 Å². The average molecular weight is 375 g/mol. The van der Waals surface area contributed by atoms with E-state index < -0.39 is 5.61 Å². The van der Waals surface area contributed by atoms with Crippen LogP contribution in [-0.2, 0) is 5.61 Å². The summed E-state index contributed by atoms with van der Waals surface area (Å²) in [7, 11) is 0. The van der Waals surface area contributed by atoms with Crippen molar-refractivity contribution in [3.63, 3.8) is 0 Å². The Morgan fingerprint density at radius 2 is 0.800 bits per heavy atom. The van der Waals surface area contributed by atoms with Gasteiger partial charge in [0.15, 0.2) is 0 Å². The fraction of sp³-hybridized carbons (Fsp3) is 0. The van der Waals surface area contributed by atoms with Crippen molar-refractivity contribution < 1.29 is 5.61 Å². The SMILES string of the molecule is [Br][Mn-2]([Br])([Br])[Br]. The standard InChI is InChI=1S/4BrH.Mn/h4*1H;/q;;;;+2/p-4. The monoisotopic (exact) mass is 371 g/mol. The Bertz CT molecular complexity index is 19.1. The van der Waals surface area contributed by atoms with Crippen molar-refractivity contribution in [2.45, 2.75) is 0 Å². The molecule has 0 atom stereocenters. The van der Waals surface area contributed by atoms with Crippen molar-refractivity contribution in [3.8, 4) is 0 Å². The molecule has 0 aliphatic carbocycles. The van der Waals surface area contributed by atoms with Gasteiger partial charge < -0.3 is 0 Å². The van der Waals surface area contributed by atoms with Gasteiger partial charge in [-0.2, -0.15) is 0 Å². The molecule has 0 heterocycles. The van der Waals surface area contributed by atoms with Gasteiger partial charge in [0, 0.05) is 0 Å². The first-order valence-corrected chi connectivity index (χ1v) is 12.2. The van der Waals surface area contributed by atoms with E-state index in [0.29, 0.717) is 0 Å². The van der Waals surface area contributed by atoms with Crippen LogP contribution < -0.4 is 0 Å². The summed E-state index contributed by atoms with van der Waals surface area (Å²) in [5, 5.41) is 0. The predicted molar refractivity (Wildman–Crippen MR) is 35.7 cm³/mol. The average Bonchev–Trinajstić information content (AvgIpc) is 0.722. The third-order valence-electron chi connectivity index (χ3n) is 0. The third-order valence-corrected chi connectivity index (χ3v) is 0. The summed E-state index contributed by atoms with van der Waals surface area (Å²) in [6, 6.07) is 0. The van der Waals surface area contributed by atoms with Gasteiger partial charge in [0.25, 0.3) is 0 Å². The van der Waals surface area contributed by atoms with Gasteiger partial charge >= 0.3 is 62.1 Å². The van der Waals surface area contributed by atoms with Crippen LogP contribution in [0.3, 0.4) is 0 Å². The molecule has 0 bridgehead atoms. The second-order valence-corrected chi connectivity index (χ2v) is 36.1. The molecule has 0 spiro atoms. The molecule has 0 saturated heterocycles. The van der Waals surface area contributed by atoms with E-state index in [2.05, 4.69) is 56.4 Å². The molecular formula is Br4Mn-2. The molecule has 0 aliphatic rings. The van der Waals surface area contributed by atoms with E-state index >= 15 is 0 Å². The van der Waals surface area contributed by atoms with Gasteiger partial charge in [0.2, 0.25) is 0 Å². The first-order chi connectivity index (χ1) is 2.00. The van der Waals surface area contributed by atoms with Crippen LogP contribution in [-0.4, -0.2) is 0 Å². The van der Waals surface area contributed by atoms with Crippen molar-refractivity contribution in [1.82, 2.24) is 0 Å². The van der Waals surface area contributed by atoms with Crippen LogP contribution in [0, 0.1) is 0 Å². The quantitative estimate of drug-likeness (QED) is 0.570. The maximum atomic E-state index is 3.27. The molecule has 0 aliphatic heterocycles. The van der Waals surface area contributed by atoms with E-state index in [-0.39, 0.29) is 0 Å². The van der Waals surface area contributed by atoms with E-state index in [4.69, 9.17) is 0 Å². The second-order valence-electron chi connectivity index (χ2n) is 0.324. The molecule has 0 amide bonds. The van der Waals surface area contributed by atoms with Gasteiger partial charge in [-0.1, -0.05) is 0 Å². The summed E-state index contributed by atoms with van der Waals surface area (Å²) in [6.07, 6.45) is 0. The molecule has 0 aromatic heterocycles. The van der Waals surface area contributed by atoms with Gasteiger partial charge in [-0.15, -0.1) is 0 Å². The van der Waals surface area contributed by atoms with Crippen molar-refractivity contribution in [2.24, 2.45) is 0 Å². The van der Waals surface area contributed by atoms with Crippen molar-refractivity contribution in [2.75, 3.05) is 0 Å². The maximum absolute atomic E-state index is 3.27. The van der Waals surface area contributed by atoms with Crippen LogP contribution in [0.4, 0.5) is 0 Å². The van der Waals surface area contributed by atoms with Gasteiger partial charge in [-0.25, -0.2) is 0 Å². The molecule has 0 fully saturated rings. The van der Waals surface area contributed by atoms with Crippen molar-refractivity contribution in [1.29, 1.82) is 0 Å². The summed E-state index contributed by atoms with van der Waals surface area (Å²) in [5.41, 5.74) is -1.38. The van der Waals surface area contributed by atoms with Crippen LogP contribution in [0.15, 0.2) is 0 Å². The molecular weight excluding hydrogens is 375 g/mol. The van der Waals surface area contributed by atoms with Crippen LogP contribution >= 0.6 is 56.4 Å². The third kappa shape index (κ3) is 21.3. The van der Waals surface area contributed by atoms with E-state index in [1.165, 1.54) is 0 Å². The Morgan fingerprint density at radius 1 is 0.800 bits per heavy atom. The Balaban J connectivity index is 3.02. The van der Waals surface area contributed by atoms with Gasteiger partial charge in [-0.3, -0.25) is 0 Å². The number of rotatable bonds is 0. The molecule has 0 aromatic carbocycles. The number of hydrogen-bond acceptors (Lipinski definition) is 0. The van der Waals surface area contributed by atoms with Gasteiger partial charge in [0.05, 0.1) is 0 Å². The molecule has 37 valence electrons. The molecule has 0 saturated carbocycles. The summed E-state index contributed by atoms with van der Waals surface area (Å²) in [5.74, 6) is 0. The molecule has 0 radical (unpaired) electrons. The Hall–Kier alpha value is 2.44. The number of hydrogen-bond donors (Lipinski definition) is 0.